The van der Waals surface area contributed by atoms with Crippen molar-refractivity contribution < 1.29 is 18.1 Å². The van der Waals surface area contributed by atoms with Crippen LogP contribution in [0.2, 0.25) is 0 Å². The Labute approximate surface area is 168 Å². The summed E-state index contributed by atoms with van der Waals surface area (Å²) in [5.74, 6) is 0.827. The van der Waals surface area contributed by atoms with Crippen LogP contribution in [-0.4, -0.2) is 51.1 Å². The second-order valence-electron chi connectivity index (χ2n) is 6.73. The largest absolute Gasteiger partial charge is 0.379 e. The van der Waals surface area contributed by atoms with Gasteiger partial charge < -0.3 is 4.74 Å². The highest BCUT2D eigenvalue weighted by Crippen LogP contribution is 2.30. The van der Waals surface area contributed by atoms with Gasteiger partial charge in [0.1, 0.15) is 22.1 Å². The van der Waals surface area contributed by atoms with Crippen molar-refractivity contribution in [1.29, 1.82) is 0 Å². The van der Waals surface area contributed by atoms with Crippen molar-refractivity contribution in [2.24, 2.45) is 0 Å². The highest BCUT2D eigenvalue weighted by Gasteiger charge is 2.28. The van der Waals surface area contributed by atoms with Crippen molar-refractivity contribution in [3.63, 3.8) is 0 Å². The summed E-state index contributed by atoms with van der Waals surface area (Å²) in [5.41, 5.74) is 0.999. The van der Waals surface area contributed by atoms with E-state index < -0.39 is 10.0 Å². The number of benzene rings is 1. The van der Waals surface area contributed by atoms with Gasteiger partial charge in [-0.3, -0.25) is 4.90 Å². The first-order chi connectivity index (χ1) is 13.5. The molecule has 148 valence electrons. The van der Waals surface area contributed by atoms with E-state index in [4.69, 9.17) is 9.72 Å². The van der Waals surface area contributed by atoms with Crippen molar-refractivity contribution in [2.75, 3.05) is 38.3 Å². The Balaban J connectivity index is 1.54. The maximum absolute atomic E-state index is 12.8. The third-order valence-corrected chi connectivity index (χ3v) is 8.11. The highest BCUT2D eigenvalue weighted by atomic mass is 32.2. The summed E-state index contributed by atoms with van der Waals surface area (Å²) < 4.78 is 33.4. The number of ether oxygens (including phenoxy) is 1. The summed E-state index contributed by atoms with van der Waals surface area (Å²) in [5, 5.41) is 1.02. The number of H-pyrrole nitrogens is 1. The van der Waals surface area contributed by atoms with Crippen LogP contribution < -0.4 is 9.88 Å². The van der Waals surface area contributed by atoms with E-state index >= 15 is 0 Å². The number of hydrogen-bond acceptors (Lipinski definition) is 6. The number of pyridine rings is 1. The molecule has 0 amide bonds. The fraction of sp³-hybridized carbons (Fsp3) is 0.368. The number of thiazole rings is 1. The first-order valence-electron chi connectivity index (χ1n) is 9.15. The molecule has 28 heavy (non-hydrogen) atoms. The van der Waals surface area contributed by atoms with E-state index in [0.29, 0.717) is 26.3 Å². The van der Waals surface area contributed by atoms with E-state index in [0.717, 1.165) is 21.0 Å². The molecule has 4 rings (SSSR count). The molecule has 3 heterocycles. The minimum atomic E-state index is -3.50. The Kier molecular flexibility index (Phi) is 5.33. The normalized spacial score (nSPS) is 16.9. The van der Waals surface area contributed by atoms with Crippen LogP contribution in [0.4, 0.5) is 5.82 Å². The zero-order chi connectivity index (χ0) is 19.7. The summed E-state index contributed by atoms with van der Waals surface area (Å²) in [6.45, 7) is 3.73. The molecule has 7 nitrogen and oxygen atoms in total. The molecule has 1 fully saturated rings. The van der Waals surface area contributed by atoms with Crippen LogP contribution in [-0.2, 0) is 14.8 Å². The number of nitrogens with one attached hydrogen (secondary N) is 1. The highest BCUT2D eigenvalue weighted by molar-refractivity contribution is 7.89. The molecule has 3 aromatic rings. The topological polar surface area (TPSA) is 76.9 Å². The van der Waals surface area contributed by atoms with Crippen molar-refractivity contribution in [2.45, 2.75) is 17.9 Å². The predicted molar refractivity (Wildman–Crippen MR) is 109 cm³/mol. The van der Waals surface area contributed by atoms with Gasteiger partial charge in [0, 0.05) is 19.2 Å². The van der Waals surface area contributed by atoms with Gasteiger partial charge >= 0.3 is 0 Å². The summed E-state index contributed by atoms with van der Waals surface area (Å²) in [7, 11) is -1.53. The molecular formula is C19H23N4O3S2+. The van der Waals surface area contributed by atoms with E-state index in [1.54, 1.807) is 29.7 Å². The van der Waals surface area contributed by atoms with Gasteiger partial charge in [0.25, 0.3) is 5.82 Å². The molecule has 0 radical (unpaired) electrons. The molecule has 1 N–H and O–H groups in total. The lowest BCUT2D eigenvalue weighted by Gasteiger charge is -2.25. The smallest absolute Gasteiger partial charge is 0.274 e. The predicted octanol–water partition coefficient (Wildman–Crippen LogP) is 2.33. The van der Waals surface area contributed by atoms with Crippen LogP contribution in [0.1, 0.15) is 18.0 Å². The number of para-hydroxylation sites is 1. The molecule has 1 saturated heterocycles. The average molecular weight is 420 g/mol. The van der Waals surface area contributed by atoms with Crippen LogP contribution in [0.15, 0.2) is 47.5 Å². The summed E-state index contributed by atoms with van der Waals surface area (Å²) in [6.07, 6.45) is 1.56. The minimum Gasteiger partial charge on any atom is -0.379 e. The second-order valence-corrected chi connectivity index (χ2v) is 9.73. The number of morpholine rings is 1. The van der Waals surface area contributed by atoms with Crippen molar-refractivity contribution >= 4 is 37.4 Å². The zero-order valence-electron chi connectivity index (χ0n) is 15.8. The van der Waals surface area contributed by atoms with E-state index in [1.165, 1.54) is 4.31 Å². The first kappa shape index (κ1) is 19.3. The van der Waals surface area contributed by atoms with E-state index in [9.17, 15) is 8.42 Å². The molecule has 0 saturated carbocycles. The van der Waals surface area contributed by atoms with E-state index in [-0.39, 0.29) is 10.9 Å². The Hall–Kier alpha value is -2.07. The maximum atomic E-state index is 12.8. The molecule has 0 unspecified atom stereocenters. The van der Waals surface area contributed by atoms with Crippen LogP contribution >= 0.6 is 11.3 Å². The lowest BCUT2D eigenvalue weighted by Crippen LogP contribution is -2.41. The van der Waals surface area contributed by atoms with Crippen LogP contribution in [0.3, 0.4) is 0 Å². The quantitative estimate of drug-likeness (QED) is 0.634. The number of rotatable bonds is 5. The van der Waals surface area contributed by atoms with Crippen LogP contribution in [0, 0.1) is 0 Å². The third kappa shape index (κ3) is 3.62. The third-order valence-electron chi connectivity index (χ3n) is 5.00. The number of anilines is 1. The molecular weight excluding hydrogens is 396 g/mol. The van der Waals surface area contributed by atoms with Crippen LogP contribution in [0.5, 0.6) is 0 Å². The van der Waals surface area contributed by atoms with Gasteiger partial charge in [-0.15, -0.1) is 11.3 Å². The average Bonchev–Trinajstić information content (AvgIpc) is 3.17. The molecule has 1 atom stereocenters. The van der Waals surface area contributed by atoms with Gasteiger partial charge in [0.05, 0.1) is 30.5 Å². The van der Waals surface area contributed by atoms with Crippen LogP contribution in [0.25, 0.3) is 10.2 Å². The standard InChI is InChI=1S/C19H22N4O3S2/c1-14(19-21-16-5-3-4-6-17(16)27-19)22(2)18-8-7-15(13-20-18)28(24,25)23-9-11-26-12-10-23/h3-8,13-14H,9-12H2,1-2H3/p+1/t14-/m0/s1. The Morgan fingerprint density at radius 3 is 2.64 bits per heavy atom. The molecule has 0 spiro atoms. The fourth-order valence-electron chi connectivity index (χ4n) is 3.16. The Bertz CT molecular complexity index is 1030. The van der Waals surface area contributed by atoms with Gasteiger partial charge in [0.2, 0.25) is 10.0 Å². The van der Waals surface area contributed by atoms with Gasteiger partial charge in [-0.1, -0.05) is 12.1 Å². The number of nitrogens with zero attached hydrogens (tertiary/aromatic N) is 3. The summed E-state index contributed by atoms with van der Waals surface area (Å²) >= 11 is 1.67. The number of fused-ring (bicyclic) bond motifs is 1. The Morgan fingerprint density at radius 2 is 1.96 bits per heavy atom. The molecule has 9 heteroatoms. The monoisotopic (exact) mass is 419 g/mol. The van der Waals surface area contributed by atoms with Crippen molar-refractivity contribution in [3.05, 3.63) is 47.6 Å². The summed E-state index contributed by atoms with van der Waals surface area (Å²) in [6, 6.07) is 11.6. The van der Waals surface area contributed by atoms with Gasteiger partial charge in [-0.25, -0.2) is 18.4 Å². The van der Waals surface area contributed by atoms with Gasteiger partial charge in [-0.2, -0.15) is 4.31 Å². The maximum Gasteiger partial charge on any atom is 0.274 e. The number of aromatic amines is 1. The fourth-order valence-corrected chi connectivity index (χ4v) is 5.60. The van der Waals surface area contributed by atoms with E-state index in [1.807, 2.05) is 25.2 Å². The molecule has 1 aliphatic rings. The second kappa shape index (κ2) is 7.75. The Morgan fingerprint density at radius 1 is 1.21 bits per heavy atom. The van der Waals surface area contributed by atoms with Gasteiger partial charge in [-0.05, 0) is 25.1 Å². The number of aromatic nitrogens is 2. The molecule has 1 aromatic carbocycles. The number of hydrogen-bond donors (Lipinski definition) is 0. The lowest BCUT2D eigenvalue weighted by atomic mass is 10.3. The molecule has 0 bridgehead atoms. The first-order valence-corrected chi connectivity index (χ1v) is 11.4. The molecule has 0 aliphatic carbocycles. The molecule has 1 aliphatic heterocycles. The van der Waals surface area contributed by atoms with Crippen molar-refractivity contribution in [1.82, 2.24) is 9.29 Å². The minimum absolute atomic E-state index is 0.0513. The molecule has 2 aromatic heterocycles. The zero-order valence-corrected chi connectivity index (χ0v) is 17.5. The lowest BCUT2D eigenvalue weighted by molar-refractivity contribution is -0.367. The summed E-state index contributed by atoms with van der Waals surface area (Å²) in [4.78, 5) is 10.2. The van der Waals surface area contributed by atoms with Crippen molar-refractivity contribution in [3.8, 4) is 0 Å². The van der Waals surface area contributed by atoms with Gasteiger partial charge in [0.15, 0.2) is 0 Å². The van der Waals surface area contributed by atoms with E-state index in [2.05, 4.69) is 22.9 Å². The SMILES string of the molecule is C[C@@H](c1nc2ccccc2s1)N(C)c1ccc(S(=O)(=O)N2CCOCC2)c[nH+]1. The number of sulfonamides is 1.